The van der Waals surface area contributed by atoms with Gasteiger partial charge in [0.25, 0.3) is 0 Å². The molecule has 0 saturated carbocycles. The van der Waals surface area contributed by atoms with Crippen molar-refractivity contribution < 1.29 is 8.42 Å². The fraction of sp³-hybridized carbons (Fsp3) is 0.600. The molecule has 2 rings (SSSR count). The maximum Gasteiger partial charge on any atom is 0.211 e. The van der Waals surface area contributed by atoms with E-state index in [2.05, 4.69) is 52.4 Å². The first-order valence-corrected chi connectivity index (χ1v) is 10.0. The van der Waals surface area contributed by atoms with E-state index in [0.29, 0.717) is 25.2 Å². The zero-order valence-corrected chi connectivity index (χ0v) is 15.0. The molecule has 0 spiro atoms. The van der Waals surface area contributed by atoms with Gasteiger partial charge in [0.05, 0.1) is 6.26 Å². The van der Waals surface area contributed by atoms with Crippen LogP contribution < -0.4 is 5.32 Å². The second-order valence-electron chi connectivity index (χ2n) is 5.62. The summed E-state index contributed by atoms with van der Waals surface area (Å²) in [5.74, 6) is 0. The molecule has 0 aromatic heterocycles. The maximum absolute atomic E-state index is 11.5. The molecule has 1 fully saturated rings. The Labute approximate surface area is 136 Å². The molecule has 118 valence electrons. The van der Waals surface area contributed by atoms with E-state index < -0.39 is 10.0 Å². The summed E-state index contributed by atoms with van der Waals surface area (Å²) in [6.07, 6.45) is 4.06. The van der Waals surface area contributed by atoms with Crippen LogP contribution in [-0.4, -0.2) is 38.1 Å². The van der Waals surface area contributed by atoms with E-state index in [0.717, 1.165) is 23.7 Å². The molecule has 1 N–H and O–H groups in total. The molecule has 1 unspecified atom stereocenters. The third kappa shape index (κ3) is 4.77. The molecular formula is C15H23BrN2O2S. The number of piperidine rings is 1. The number of sulfonamides is 1. The van der Waals surface area contributed by atoms with Crippen LogP contribution in [0.3, 0.4) is 0 Å². The van der Waals surface area contributed by atoms with Gasteiger partial charge in [0.2, 0.25) is 10.0 Å². The van der Waals surface area contributed by atoms with Gasteiger partial charge in [-0.15, -0.1) is 0 Å². The quantitative estimate of drug-likeness (QED) is 0.861. The van der Waals surface area contributed by atoms with Crippen LogP contribution in [0.25, 0.3) is 0 Å². The lowest BCUT2D eigenvalue weighted by molar-refractivity contribution is 0.272. The lowest BCUT2D eigenvalue weighted by Crippen LogP contribution is -2.45. The van der Waals surface area contributed by atoms with Gasteiger partial charge < -0.3 is 5.32 Å². The highest BCUT2D eigenvalue weighted by atomic mass is 79.9. The Hall–Kier alpha value is -0.430. The van der Waals surface area contributed by atoms with Crippen molar-refractivity contribution >= 4 is 26.0 Å². The first kappa shape index (κ1) is 16.9. The molecule has 0 bridgehead atoms. The van der Waals surface area contributed by atoms with Gasteiger partial charge in [-0.3, -0.25) is 0 Å². The van der Waals surface area contributed by atoms with Crippen molar-refractivity contribution in [3.63, 3.8) is 0 Å². The summed E-state index contributed by atoms with van der Waals surface area (Å²) in [5.41, 5.74) is 1.28. The molecule has 21 heavy (non-hydrogen) atoms. The van der Waals surface area contributed by atoms with Gasteiger partial charge in [-0.05, 0) is 37.0 Å². The van der Waals surface area contributed by atoms with E-state index in [1.807, 2.05) is 0 Å². The number of hydrogen-bond acceptors (Lipinski definition) is 3. The Bertz CT molecular complexity index is 552. The van der Waals surface area contributed by atoms with Gasteiger partial charge in [-0.2, -0.15) is 0 Å². The number of nitrogens with zero attached hydrogens (tertiary/aromatic N) is 1. The summed E-state index contributed by atoms with van der Waals surface area (Å²) in [6, 6.07) is 9.11. The van der Waals surface area contributed by atoms with Crippen LogP contribution in [0, 0.1) is 0 Å². The van der Waals surface area contributed by atoms with E-state index in [1.165, 1.54) is 11.8 Å². The maximum atomic E-state index is 11.5. The summed E-state index contributed by atoms with van der Waals surface area (Å²) in [7, 11) is -3.04. The fourth-order valence-corrected chi connectivity index (χ4v) is 3.92. The molecule has 1 aliphatic rings. The van der Waals surface area contributed by atoms with Gasteiger partial charge in [-0.1, -0.05) is 35.0 Å². The van der Waals surface area contributed by atoms with Crippen LogP contribution in [-0.2, 0) is 10.0 Å². The number of benzene rings is 1. The van der Waals surface area contributed by atoms with Crippen molar-refractivity contribution in [2.75, 3.05) is 19.3 Å². The smallest absolute Gasteiger partial charge is 0.211 e. The Morgan fingerprint density at radius 2 is 1.86 bits per heavy atom. The van der Waals surface area contributed by atoms with Crippen LogP contribution in [0.5, 0.6) is 0 Å². The third-order valence-electron chi connectivity index (χ3n) is 4.04. The molecule has 1 aromatic rings. The van der Waals surface area contributed by atoms with Crippen molar-refractivity contribution in [1.29, 1.82) is 0 Å². The minimum Gasteiger partial charge on any atom is -0.307 e. The predicted octanol–water partition coefficient (Wildman–Crippen LogP) is 2.91. The summed E-state index contributed by atoms with van der Waals surface area (Å²) in [5, 5.41) is 3.68. The van der Waals surface area contributed by atoms with Crippen LogP contribution in [0.15, 0.2) is 28.7 Å². The van der Waals surface area contributed by atoms with Crippen molar-refractivity contribution in [2.24, 2.45) is 0 Å². The molecule has 1 atom stereocenters. The molecule has 0 radical (unpaired) electrons. The fourth-order valence-electron chi connectivity index (χ4n) is 2.78. The first-order valence-electron chi connectivity index (χ1n) is 7.36. The van der Waals surface area contributed by atoms with Crippen molar-refractivity contribution in [1.82, 2.24) is 9.62 Å². The average Bonchev–Trinajstić information content (AvgIpc) is 2.45. The predicted molar refractivity (Wildman–Crippen MR) is 89.7 cm³/mol. The minimum atomic E-state index is -3.04. The van der Waals surface area contributed by atoms with Crippen molar-refractivity contribution in [3.05, 3.63) is 34.3 Å². The van der Waals surface area contributed by atoms with Crippen LogP contribution >= 0.6 is 15.9 Å². The monoisotopic (exact) mass is 374 g/mol. The van der Waals surface area contributed by atoms with Gasteiger partial charge in [0.1, 0.15) is 0 Å². The Morgan fingerprint density at radius 1 is 1.29 bits per heavy atom. The second-order valence-corrected chi connectivity index (χ2v) is 8.51. The van der Waals surface area contributed by atoms with E-state index in [1.54, 1.807) is 4.31 Å². The largest absolute Gasteiger partial charge is 0.307 e. The number of hydrogen-bond donors (Lipinski definition) is 1. The van der Waals surface area contributed by atoms with Crippen molar-refractivity contribution in [3.8, 4) is 0 Å². The highest BCUT2D eigenvalue weighted by molar-refractivity contribution is 9.10. The zero-order valence-electron chi connectivity index (χ0n) is 12.5. The molecular weight excluding hydrogens is 352 g/mol. The van der Waals surface area contributed by atoms with Crippen molar-refractivity contribution in [2.45, 2.75) is 38.3 Å². The molecule has 0 amide bonds. The van der Waals surface area contributed by atoms with Gasteiger partial charge in [0.15, 0.2) is 0 Å². The lowest BCUT2D eigenvalue weighted by Gasteiger charge is -2.33. The highest BCUT2D eigenvalue weighted by Crippen LogP contribution is 2.22. The second kappa shape index (κ2) is 7.22. The lowest BCUT2D eigenvalue weighted by atomic mass is 10.00. The molecule has 1 aliphatic heterocycles. The highest BCUT2D eigenvalue weighted by Gasteiger charge is 2.26. The number of halogens is 1. The molecule has 6 heteroatoms. The third-order valence-corrected chi connectivity index (χ3v) is 5.87. The summed E-state index contributed by atoms with van der Waals surface area (Å²) >= 11 is 3.46. The SMILES string of the molecule is CCC(NC1CCN(S(C)(=O)=O)CC1)c1ccc(Br)cc1. The standard InChI is InChI=1S/C15H23BrN2O2S/c1-3-15(12-4-6-13(16)7-5-12)17-14-8-10-18(11-9-14)21(2,19)20/h4-7,14-15,17H,3,8-11H2,1-2H3. The normalized spacial score (nSPS) is 19.6. The van der Waals surface area contributed by atoms with Crippen LogP contribution in [0.2, 0.25) is 0 Å². The molecule has 0 aliphatic carbocycles. The zero-order chi connectivity index (χ0) is 15.5. The number of rotatable bonds is 5. The Balaban J connectivity index is 1.93. The average molecular weight is 375 g/mol. The van der Waals surface area contributed by atoms with E-state index in [-0.39, 0.29) is 0 Å². The number of nitrogens with one attached hydrogen (secondary N) is 1. The van der Waals surface area contributed by atoms with Gasteiger partial charge >= 0.3 is 0 Å². The Kier molecular flexibility index (Phi) is 5.82. The summed E-state index contributed by atoms with van der Waals surface area (Å²) in [6.45, 7) is 3.41. The van der Waals surface area contributed by atoms with Gasteiger partial charge in [-0.25, -0.2) is 12.7 Å². The van der Waals surface area contributed by atoms with Crippen LogP contribution in [0.4, 0.5) is 0 Å². The van der Waals surface area contributed by atoms with Gasteiger partial charge in [0, 0.05) is 29.6 Å². The van der Waals surface area contributed by atoms with Crippen LogP contribution in [0.1, 0.15) is 37.8 Å². The molecule has 1 saturated heterocycles. The minimum absolute atomic E-state index is 0.327. The van der Waals surface area contributed by atoms with E-state index in [9.17, 15) is 8.42 Å². The summed E-state index contributed by atoms with van der Waals surface area (Å²) < 4.78 is 25.7. The molecule has 4 nitrogen and oxygen atoms in total. The van der Waals surface area contributed by atoms with E-state index >= 15 is 0 Å². The Morgan fingerprint density at radius 3 is 2.33 bits per heavy atom. The van der Waals surface area contributed by atoms with E-state index in [4.69, 9.17) is 0 Å². The molecule has 1 aromatic carbocycles. The topological polar surface area (TPSA) is 49.4 Å². The molecule has 1 heterocycles. The summed E-state index contributed by atoms with van der Waals surface area (Å²) in [4.78, 5) is 0. The first-order chi connectivity index (χ1) is 9.90.